The predicted molar refractivity (Wildman–Crippen MR) is 115 cm³/mol. The molecule has 0 fully saturated rings. The van der Waals surface area contributed by atoms with Gasteiger partial charge in [0, 0.05) is 13.1 Å². The van der Waals surface area contributed by atoms with Crippen LogP contribution in [0.1, 0.15) is 60.2 Å². The molecule has 9 heteroatoms. The number of aromatic hydroxyl groups is 1. The van der Waals surface area contributed by atoms with Crippen LogP contribution in [0, 0.1) is 18.2 Å². The molecular formula is C21H28ClFN4O3. The smallest absolute Gasteiger partial charge is 0.296 e. The van der Waals surface area contributed by atoms with E-state index in [1.54, 1.807) is 26.1 Å². The van der Waals surface area contributed by atoms with Gasteiger partial charge in [-0.05, 0) is 49.4 Å². The van der Waals surface area contributed by atoms with Crippen LogP contribution in [0.2, 0.25) is 0 Å². The fourth-order valence-corrected chi connectivity index (χ4v) is 3.67. The van der Waals surface area contributed by atoms with Crippen molar-refractivity contribution in [3.8, 4) is 5.75 Å². The van der Waals surface area contributed by atoms with E-state index in [2.05, 4.69) is 29.5 Å². The highest BCUT2D eigenvalue weighted by atomic mass is 35.5. The Bertz CT molecular complexity index is 1010. The van der Waals surface area contributed by atoms with E-state index in [0.717, 1.165) is 12.8 Å². The topological polar surface area (TPSA) is 96.2 Å². The fourth-order valence-electron chi connectivity index (χ4n) is 3.67. The molecule has 2 aromatic rings. The number of rotatable bonds is 4. The molecule has 1 amide bonds. The maximum Gasteiger partial charge on any atom is 0.296 e. The second-order valence-electron chi connectivity index (χ2n) is 8.37. The van der Waals surface area contributed by atoms with Crippen LogP contribution in [0.15, 0.2) is 23.0 Å². The lowest BCUT2D eigenvalue weighted by Crippen LogP contribution is -2.35. The molecule has 1 aliphatic rings. The number of fused-ring (bicyclic) bond motifs is 1. The maximum absolute atomic E-state index is 13.4. The molecular weight excluding hydrogens is 411 g/mol. The molecule has 0 radical (unpaired) electrons. The Labute approximate surface area is 181 Å². The molecule has 1 aromatic carbocycles. The molecule has 1 unspecified atom stereocenters. The third kappa shape index (κ3) is 4.82. The van der Waals surface area contributed by atoms with Gasteiger partial charge in [0.1, 0.15) is 11.6 Å². The number of nitrogens with one attached hydrogen (secondary N) is 2. The number of nitrogens with zero attached hydrogens (tertiary/aromatic N) is 2. The Kier molecular flexibility index (Phi) is 7.26. The first kappa shape index (κ1) is 23.8. The third-order valence-corrected chi connectivity index (χ3v) is 5.42. The van der Waals surface area contributed by atoms with Crippen molar-refractivity contribution in [3.63, 3.8) is 0 Å². The highest BCUT2D eigenvalue weighted by Gasteiger charge is 2.32. The minimum absolute atomic E-state index is 0. The summed E-state index contributed by atoms with van der Waals surface area (Å²) in [5.74, 6) is -1.18. The highest BCUT2D eigenvalue weighted by Crippen LogP contribution is 2.33. The van der Waals surface area contributed by atoms with Crippen LogP contribution in [-0.4, -0.2) is 27.6 Å². The van der Waals surface area contributed by atoms with Crippen LogP contribution < -0.4 is 16.2 Å². The molecule has 0 spiro atoms. The van der Waals surface area contributed by atoms with Crippen molar-refractivity contribution in [2.24, 2.45) is 5.41 Å². The summed E-state index contributed by atoms with van der Waals surface area (Å²) >= 11 is 0. The number of amides is 1. The van der Waals surface area contributed by atoms with Gasteiger partial charge in [-0.3, -0.25) is 14.2 Å². The number of aryl methyl sites for hydroxylation is 1. The van der Waals surface area contributed by atoms with Gasteiger partial charge in [-0.2, -0.15) is 0 Å². The summed E-state index contributed by atoms with van der Waals surface area (Å²) in [6.07, 6.45) is 1.63. The summed E-state index contributed by atoms with van der Waals surface area (Å²) in [6.45, 7) is 6.30. The van der Waals surface area contributed by atoms with Gasteiger partial charge in [-0.25, -0.2) is 9.37 Å². The molecule has 1 atom stereocenters. The van der Waals surface area contributed by atoms with Gasteiger partial charge in [0.2, 0.25) is 5.75 Å². The van der Waals surface area contributed by atoms with Crippen molar-refractivity contribution < 1.29 is 14.3 Å². The molecule has 164 valence electrons. The zero-order valence-corrected chi connectivity index (χ0v) is 18.4. The van der Waals surface area contributed by atoms with E-state index < -0.39 is 17.2 Å². The monoisotopic (exact) mass is 438 g/mol. The highest BCUT2D eigenvalue weighted by molar-refractivity contribution is 5.94. The molecule has 0 aliphatic carbocycles. The number of hydrogen-bond acceptors (Lipinski definition) is 5. The summed E-state index contributed by atoms with van der Waals surface area (Å²) < 4.78 is 14.9. The number of benzene rings is 1. The number of carbonyl (C=O) groups is 1. The van der Waals surface area contributed by atoms with Gasteiger partial charge in [0.15, 0.2) is 5.69 Å². The van der Waals surface area contributed by atoms with E-state index in [-0.39, 0.29) is 41.9 Å². The Balaban J connectivity index is 0.00000320. The zero-order chi connectivity index (χ0) is 21.3. The Morgan fingerprint density at radius 1 is 1.40 bits per heavy atom. The van der Waals surface area contributed by atoms with Gasteiger partial charge >= 0.3 is 0 Å². The number of aromatic nitrogens is 2. The van der Waals surface area contributed by atoms with Gasteiger partial charge in [0.05, 0.1) is 6.04 Å². The fraction of sp³-hybridized carbons (Fsp3) is 0.476. The van der Waals surface area contributed by atoms with Gasteiger partial charge in [-0.1, -0.05) is 26.0 Å². The average Bonchev–Trinajstić information content (AvgIpc) is 2.80. The van der Waals surface area contributed by atoms with Crippen LogP contribution in [-0.2, 0) is 13.1 Å². The van der Waals surface area contributed by atoms with Crippen LogP contribution in [0.5, 0.6) is 5.75 Å². The molecule has 2 heterocycles. The Morgan fingerprint density at radius 2 is 2.10 bits per heavy atom. The zero-order valence-electron chi connectivity index (χ0n) is 17.6. The van der Waals surface area contributed by atoms with E-state index >= 15 is 0 Å². The van der Waals surface area contributed by atoms with E-state index in [1.165, 1.54) is 10.6 Å². The predicted octanol–water partition coefficient (Wildman–Crippen LogP) is 2.83. The van der Waals surface area contributed by atoms with Crippen LogP contribution >= 0.6 is 12.4 Å². The second-order valence-corrected chi connectivity index (χ2v) is 8.37. The lowest BCUT2D eigenvalue weighted by molar-refractivity contribution is 0.0941. The van der Waals surface area contributed by atoms with E-state index in [0.29, 0.717) is 23.5 Å². The summed E-state index contributed by atoms with van der Waals surface area (Å²) in [6, 6.07) is 4.34. The van der Waals surface area contributed by atoms with E-state index in [4.69, 9.17) is 0 Å². The number of halogens is 2. The normalized spacial score (nSPS) is 17.4. The molecule has 7 nitrogen and oxygen atoms in total. The SMILES string of the molecule is CNC1CCC(C)(C)Cn2c1nc(C(=O)NCc1ccc(F)c(C)c1)c(O)c2=O.Cl. The van der Waals surface area contributed by atoms with Crippen LogP contribution in [0.4, 0.5) is 4.39 Å². The van der Waals surface area contributed by atoms with Gasteiger partial charge in [-0.15, -0.1) is 12.4 Å². The molecule has 1 aromatic heterocycles. The van der Waals surface area contributed by atoms with Crippen molar-refractivity contribution in [2.75, 3.05) is 7.05 Å². The molecule has 3 N–H and O–H groups in total. The summed E-state index contributed by atoms with van der Waals surface area (Å²) in [5, 5.41) is 16.2. The molecule has 1 aliphatic heterocycles. The molecule has 0 bridgehead atoms. The third-order valence-electron chi connectivity index (χ3n) is 5.42. The first-order valence-electron chi connectivity index (χ1n) is 9.67. The number of hydrogen-bond donors (Lipinski definition) is 3. The first-order valence-corrected chi connectivity index (χ1v) is 9.67. The number of carbonyl (C=O) groups excluding carboxylic acids is 1. The summed E-state index contributed by atoms with van der Waals surface area (Å²) in [5.41, 5.74) is 0.134. The van der Waals surface area contributed by atoms with Crippen molar-refractivity contribution >= 4 is 18.3 Å². The largest absolute Gasteiger partial charge is 0.501 e. The molecule has 3 rings (SSSR count). The Hall–Kier alpha value is -2.45. The van der Waals surface area contributed by atoms with Crippen molar-refractivity contribution in [1.82, 2.24) is 20.2 Å². The second kappa shape index (κ2) is 9.14. The van der Waals surface area contributed by atoms with Gasteiger partial charge < -0.3 is 15.7 Å². The Morgan fingerprint density at radius 3 is 2.73 bits per heavy atom. The standard InChI is InChI=1S/C21H27FN4O3.ClH/c1-12-9-13(5-6-14(12)22)10-24-19(28)16-17(27)20(29)26-11-21(2,3)8-7-15(23-4)18(26)25-16;/h5-6,9,15,23,27H,7-8,10-11H2,1-4H3,(H,24,28);1H. The van der Waals surface area contributed by atoms with E-state index in [9.17, 15) is 19.1 Å². The van der Waals surface area contributed by atoms with Gasteiger partial charge in [0.25, 0.3) is 11.5 Å². The lowest BCUT2D eigenvalue weighted by Gasteiger charge is -2.23. The molecule has 0 saturated heterocycles. The minimum Gasteiger partial charge on any atom is -0.501 e. The molecule has 30 heavy (non-hydrogen) atoms. The minimum atomic E-state index is -0.658. The quantitative estimate of drug-likeness (QED) is 0.682. The lowest BCUT2D eigenvalue weighted by atomic mass is 9.87. The summed E-state index contributed by atoms with van der Waals surface area (Å²) in [4.78, 5) is 29.9. The van der Waals surface area contributed by atoms with E-state index in [1.807, 2.05) is 0 Å². The van der Waals surface area contributed by atoms with Crippen molar-refractivity contribution in [1.29, 1.82) is 0 Å². The maximum atomic E-state index is 13.4. The van der Waals surface area contributed by atoms with Crippen molar-refractivity contribution in [2.45, 2.75) is 52.7 Å². The summed E-state index contributed by atoms with van der Waals surface area (Å²) in [7, 11) is 1.78. The van der Waals surface area contributed by atoms with Crippen LogP contribution in [0.3, 0.4) is 0 Å². The average molecular weight is 439 g/mol. The first-order chi connectivity index (χ1) is 13.6. The van der Waals surface area contributed by atoms with Crippen LogP contribution in [0.25, 0.3) is 0 Å². The van der Waals surface area contributed by atoms with Crippen molar-refractivity contribution in [3.05, 3.63) is 57.0 Å². The molecule has 0 saturated carbocycles.